The molecule has 8 heteroatoms. The molecule has 0 aliphatic rings. The van der Waals surface area contributed by atoms with Gasteiger partial charge in [0.15, 0.2) is 23.0 Å². The van der Waals surface area contributed by atoms with Crippen molar-refractivity contribution in [2.75, 3.05) is 13.1 Å². The number of rotatable bonds is 14. The maximum absolute atomic E-state index is 9.45. The summed E-state index contributed by atoms with van der Waals surface area (Å²) < 4.78 is 0. The van der Waals surface area contributed by atoms with Gasteiger partial charge in [-0.3, -0.25) is 0 Å². The third-order valence-corrected chi connectivity index (χ3v) is 7.50. The van der Waals surface area contributed by atoms with E-state index in [9.17, 15) is 30.6 Å². The number of hydrogen-bond acceptors (Lipinski definition) is 8. The SMILES string of the molecule is CC(CCc1ccc(O)cc1)NCCc1ccc(O)c(O)c1.CC(CCc1ccc(O)cc1)NCCc1ccc(O)c(O)c1. The highest BCUT2D eigenvalue weighted by Gasteiger charge is 2.06. The highest BCUT2D eigenvalue weighted by molar-refractivity contribution is 5.41. The maximum atomic E-state index is 9.45. The molecule has 0 aromatic heterocycles. The Kier molecular flexibility index (Phi) is 13.7. The van der Waals surface area contributed by atoms with Crippen LogP contribution in [0, 0.1) is 0 Å². The van der Waals surface area contributed by atoms with Crippen LogP contribution in [-0.4, -0.2) is 55.8 Å². The van der Waals surface area contributed by atoms with Crippen LogP contribution in [0.5, 0.6) is 34.5 Å². The molecule has 0 amide bonds. The van der Waals surface area contributed by atoms with Crippen LogP contribution in [-0.2, 0) is 25.7 Å². The molecule has 0 radical (unpaired) electrons. The molecule has 0 aliphatic carbocycles. The lowest BCUT2D eigenvalue weighted by Crippen LogP contribution is -2.28. The highest BCUT2D eigenvalue weighted by atomic mass is 16.3. The van der Waals surface area contributed by atoms with Gasteiger partial charge in [0.2, 0.25) is 0 Å². The molecule has 0 aliphatic heterocycles. The topological polar surface area (TPSA) is 145 Å². The van der Waals surface area contributed by atoms with Gasteiger partial charge in [-0.1, -0.05) is 36.4 Å². The second kappa shape index (κ2) is 17.7. The van der Waals surface area contributed by atoms with Gasteiger partial charge in [0.05, 0.1) is 0 Å². The molecule has 2 unspecified atom stereocenters. The van der Waals surface area contributed by atoms with Gasteiger partial charge in [-0.15, -0.1) is 0 Å². The van der Waals surface area contributed by atoms with E-state index in [-0.39, 0.29) is 23.0 Å². The molecule has 8 nitrogen and oxygen atoms in total. The largest absolute Gasteiger partial charge is 0.508 e. The van der Waals surface area contributed by atoms with Crippen molar-refractivity contribution in [3.8, 4) is 34.5 Å². The summed E-state index contributed by atoms with van der Waals surface area (Å²) in [5.41, 5.74) is 4.42. The molecular formula is C36H46N2O6. The number of aryl methyl sites for hydroxylation is 2. The van der Waals surface area contributed by atoms with E-state index < -0.39 is 0 Å². The molecule has 0 bridgehead atoms. The monoisotopic (exact) mass is 602 g/mol. The van der Waals surface area contributed by atoms with Crippen LogP contribution in [0.4, 0.5) is 0 Å². The van der Waals surface area contributed by atoms with Gasteiger partial charge in [-0.05, 0) is 136 Å². The number of hydrogen-bond donors (Lipinski definition) is 8. The third-order valence-electron chi connectivity index (χ3n) is 7.50. The maximum Gasteiger partial charge on any atom is 0.157 e. The van der Waals surface area contributed by atoms with Gasteiger partial charge < -0.3 is 41.3 Å². The summed E-state index contributed by atoms with van der Waals surface area (Å²) in [4.78, 5) is 0. The molecule has 4 aromatic rings. The van der Waals surface area contributed by atoms with E-state index in [1.165, 1.54) is 23.3 Å². The average molecular weight is 603 g/mol. The summed E-state index contributed by atoms with van der Waals surface area (Å²) in [6.07, 6.45) is 5.58. The van der Waals surface area contributed by atoms with Gasteiger partial charge in [0.25, 0.3) is 0 Å². The number of aromatic hydroxyl groups is 6. The van der Waals surface area contributed by atoms with E-state index in [0.717, 1.165) is 62.7 Å². The van der Waals surface area contributed by atoms with Gasteiger partial charge in [0.1, 0.15) is 11.5 Å². The quantitative estimate of drug-likeness (QED) is 0.0832. The van der Waals surface area contributed by atoms with Gasteiger partial charge in [-0.25, -0.2) is 0 Å². The molecular weight excluding hydrogens is 556 g/mol. The van der Waals surface area contributed by atoms with Crippen molar-refractivity contribution >= 4 is 0 Å². The minimum atomic E-state index is -0.0843. The van der Waals surface area contributed by atoms with Crippen LogP contribution in [0.3, 0.4) is 0 Å². The van der Waals surface area contributed by atoms with Crippen LogP contribution >= 0.6 is 0 Å². The molecule has 0 saturated heterocycles. The number of phenols is 6. The Morgan fingerprint density at radius 3 is 1.11 bits per heavy atom. The van der Waals surface area contributed by atoms with Crippen LogP contribution in [0.25, 0.3) is 0 Å². The van der Waals surface area contributed by atoms with Crippen molar-refractivity contribution in [3.05, 3.63) is 107 Å². The Hall–Kier alpha value is -4.40. The number of nitrogens with one attached hydrogen (secondary N) is 2. The minimum absolute atomic E-state index is 0.0714. The van der Waals surface area contributed by atoms with Crippen molar-refractivity contribution in [3.63, 3.8) is 0 Å². The van der Waals surface area contributed by atoms with E-state index in [1.807, 2.05) is 36.4 Å². The second-order valence-corrected chi connectivity index (χ2v) is 11.3. The molecule has 4 aromatic carbocycles. The highest BCUT2D eigenvalue weighted by Crippen LogP contribution is 2.26. The molecule has 0 saturated carbocycles. The molecule has 0 heterocycles. The lowest BCUT2D eigenvalue weighted by atomic mass is 10.1. The standard InChI is InChI=1S/2C18H23NO3/c2*1-13(2-3-14-4-7-16(20)8-5-14)19-11-10-15-6-9-17(21)18(22)12-15/h2*4-9,12-13,19-22H,2-3,10-11H2,1H3. The van der Waals surface area contributed by atoms with E-state index in [1.54, 1.807) is 36.4 Å². The first-order chi connectivity index (χ1) is 21.1. The Bertz CT molecular complexity index is 1300. The summed E-state index contributed by atoms with van der Waals surface area (Å²) in [5.74, 6) is 0.285. The predicted octanol–water partition coefficient (Wildman–Crippen LogP) is 5.91. The zero-order valence-electron chi connectivity index (χ0n) is 25.6. The molecule has 44 heavy (non-hydrogen) atoms. The molecule has 0 spiro atoms. The normalized spacial score (nSPS) is 12.2. The summed E-state index contributed by atoms with van der Waals surface area (Å²) in [5, 5.41) is 62.8. The van der Waals surface area contributed by atoms with Crippen molar-refractivity contribution < 1.29 is 30.6 Å². The molecule has 2 atom stereocenters. The van der Waals surface area contributed by atoms with Crippen LogP contribution in [0.1, 0.15) is 48.9 Å². The van der Waals surface area contributed by atoms with Gasteiger partial charge in [0, 0.05) is 12.1 Å². The Labute approximate surface area is 260 Å². The fourth-order valence-electron chi connectivity index (χ4n) is 4.67. The third kappa shape index (κ3) is 12.5. The number of phenolic OH excluding ortho intramolecular Hbond substituents is 6. The zero-order valence-corrected chi connectivity index (χ0v) is 25.6. The van der Waals surface area contributed by atoms with Crippen LogP contribution in [0.15, 0.2) is 84.9 Å². The summed E-state index contributed by atoms with van der Waals surface area (Å²) >= 11 is 0. The van der Waals surface area contributed by atoms with Gasteiger partial charge in [-0.2, -0.15) is 0 Å². The van der Waals surface area contributed by atoms with Crippen LogP contribution < -0.4 is 10.6 Å². The lowest BCUT2D eigenvalue weighted by molar-refractivity contribution is 0.403. The fourth-order valence-corrected chi connectivity index (χ4v) is 4.67. The predicted molar refractivity (Wildman–Crippen MR) is 175 cm³/mol. The van der Waals surface area contributed by atoms with E-state index in [4.69, 9.17) is 0 Å². The molecule has 236 valence electrons. The molecule has 4 rings (SSSR count). The fraction of sp³-hybridized carbons (Fsp3) is 0.333. The average Bonchev–Trinajstić information content (AvgIpc) is 3.00. The smallest absolute Gasteiger partial charge is 0.157 e. The van der Waals surface area contributed by atoms with E-state index in [0.29, 0.717) is 23.6 Å². The summed E-state index contributed by atoms with van der Waals surface area (Å²) in [7, 11) is 0. The first kappa shape index (κ1) is 34.1. The Balaban J connectivity index is 0.000000240. The minimum Gasteiger partial charge on any atom is -0.508 e. The van der Waals surface area contributed by atoms with E-state index in [2.05, 4.69) is 24.5 Å². The van der Waals surface area contributed by atoms with Crippen molar-refractivity contribution in [1.29, 1.82) is 0 Å². The van der Waals surface area contributed by atoms with Gasteiger partial charge >= 0.3 is 0 Å². The molecule has 8 N–H and O–H groups in total. The first-order valence-corrected chi connectivity index (χ1v) is 15.1. The summed E-state index contributed by atoms with van der Waals surface area (Å²) in [6.45, 7) is 5.94. The van der Waals surface area contributed by atoms with Crippen LogP contribution in [0.2, 0.25) is 0 Å². The van der Waals surface area contributed by atoms with Crippen molar-refractivity contribution in [2.45, 2.75) is 64.5 Å². The molecule has 0 fully saturated rings. The lowest BCUT2D eigenvalue weighted by Gasteiger charge is -2.14. The first-order valence-electron chi connectivity index (χ1n) is 15.1. The number of benzene rings is 4. The Morgan fingerprint density at radius 2 is 0.773 bits per heavy atom. The summed E-state index contributed by atoms with van der Waals surface area (Å²) in [6, 6.07) is 25.3. The van der Waals surface area contributed by atoms with Crippen molar-refractivity contribution in [1.82, 2.24) is 10.6 Å². The van der Waals surface area contributed by atoms with Crippen molar-refractivity contribution in [2.24, 2.45) is 0 Å². The second-order valence-electron chi connectivity index (χ2n) is 11.3. The van der Waals surface area contributed by atoms with E-state index >= 15 is 0 Å². The Morgan fingerprint density at radius 1 is 0.432 bits per heavy atom. The zero-order chi connectivity index (χ0) is 31.9.